The fourth-order valence-corrected chi connectivity index (χ4v) is 2.60. The molecule has 7 heteroatoms. The van der Waals surface area contributed by atoms with Crippen LogP contribution in [-0.4, -0.2) is 30.2 Å². The van der Waals surface area contributed by atoms with Gasteiger partial charge in [-0.1, -0.05) is 12.1 Å². The molecule has 130 valence electrons. The second kappa shape index (κ2) is 7.12. The summed E-state index contributed by atoms with van der Waals surface area (Å²) >= 11 is 0. The minimum Gasteiger partial charge on any atom is -0.495 e. The number of nitrogens with zero attached hydrogens (tertiary/aromatic N) is 1. The van der Waals surface area contributed by atoms with Crippen molar-refractivity contribution in [1.82, 2.24) is 4.57 Å². The van der Waals surface area contributed by atoms with Crippen LogP contribution < -0.4 is 10.1 Å². The minimum absolute atomic E-state index is 0.0603. The second-order valence-corrected chi connectivity index (χ2v) is 5.25. The summed E-state index contributed by atoms with van der Waals surface area (Å²) in [4.78, 5) is 24.6. The molecule has 2 aromatic heterocycles. The lowest BCUT2D eigenvalue weighted by Gasteiger charge is -2.12. The Labute approximate surface area is 144 Å². The maximum absolute atomic E-state index is 12.5. The lowest BCUT2D eigenvalue weighted by atomic mass is 10.3. The van der Waals surface area contributed by atoms with Gasteiger partial charge in [0.1, 0.15) is 18.0 Å². The van der Waals surface area contributed by atoms with Crippen LogP contribution in [0, 0.1) is 0 Å². The molecule has 2 heterocycles. The number of benzene rings is 1. The van der Waals surface area contributed by atoms with E-state index in [2.05, 4.69) is 5.32 Å². The highest BCUT2D eigenvalue weighted by Gasteiger charge is 2.20. The third-order valence-corrected chi connectivity index (χ3v) is 3.69. The van der Waals surface area contributed by atoms with Crippen LogP contribution in [0.1, 0.15) is 17.4 Å². The molecule has 0 bridgehead atoms. The average Bonchev–Trinajstić information content (AvgIpc) is 3.18. The molecule has 1 N–H and O–H groups in total. The number of anilines is 1. The largest absolute Gasteiger partial charge is 0.495 e. The SMILES string of the molecule is CCOC(=O)c1cc2occc2n1CC(=O)Nc1ccccc1OC. The first-order chi connectivity index (χ1) is 12.1. The van der Waals surface area contributed by atoms with Crippen LogP contribution in [0.5, 0.6) is 5.75 Å². The van der Waals surface area contributed by atoms with E-state index in [9.17, 15) is 9.59 Å². The summed E-state index contributed by atoms with van der Waals surface area (Å²) in [6.07, 6.45) is 1.51. The summed E-state index contributed by atoms with van der Waals surface area (Å²) in [6, 6.07) is 10.4. The Morgan fingerprint density at radius 3 is 2.80 bits per heavy atom. The van der Waals surface area contributed by atoms with Gasteiger partial charge in [0.15, 0.2) is 5.58 Å². The molecule has 1 aromatic carbocycles. The van der Waals surface area contributed by atoms with Crippen LogP contribution in [0.15, 0.2) is 47.1 Å². The van der Waals surface area contributed by atoms with Gasteiger partial charge in [0.05, 0.1) is 31.2 Å². The number of hydrogen-bond donors (Lipinski definition) is 1. The molecule has 0 fully saturated rings. The Bertz CT molecular complexity index is 909. The fraction of sp³-hybridized carbons (Fsp3) is 0.222. The van der Waals surface area contributed by atoms with Gasteiger partial charge in [-0.3, -0.25) is 4.79 Å². The lowest BCUT2D eigenvalue weighted by Crippen LogP contribution is -2.22. The molecule has 0 atom stereocenters. The first kappa shape index (κ1) is 16.6. The summed E-state index contributed by atoms with van der Waals surface area (Å²) in [5.41, 5.74) is 2.00. The van der Waals surface area contributed by atoms with E-state index < -0.39 is 5.97 Å². The van der Waals surface area contributed by atoms with E-state index in [1.54, 1.807) is 41.8 Å². The van der Waals surface area contributed by atoms with Crippen molar-refractivity contribution in [1.29, 1.82) is 0 Å². The Hall–Kier alpha value is -3.22. The number of rotatable bonds is 6. The smallest absolute Gasteiger partial charge is 0.355 e. The molecule has 0 aliphatic rings. The molecule has 3 aromatic rings. The molecule has 7 nitrogen and oxygen atoms in total. The number of para-hydroxylation sites is 2. The van der Waals surface area contributed by atoms with E-state index >= 15 is 0 Å². The van der Waals surface area contributed by atoms with E-state index in [0.29, 0.717) is 22.5 Å². The summed E-state index contributed by atoms with van der Waals surface area (Å²) in [6.45, 7) is 1.91. The molecule has 1 amide bonds. The predicted molar refractivity (Wildman–Crippen MR) is 91.8 cm³/mol. The van der Waals surface area contributed by atoms with E-state index in [1.807, 2.05) is 6.07 Å². The van der Waals surface area contributed by atoms with Crippen molar-refractivity contribution in [2.45, 2.75) is 13.5 Å². The normalized spacial score (nSPS) is 10.6. The van der Waals surface area contributed by atoms with Crippen molar-refractivity contribution in [3.05, 3.63) is 48.4 Å². The highest BCUT2D eigenvalue weighted by atomic mass is 16.5. The number of furan rings is 1. The average molecular weight is 342 g/mol. The monoisotopic (exact) mass is 342 g/mol. The van der Waals surface area contributed by atoms with Crippen molar-refractivity contribution in [3.63, 3.8) is 0 Å². The second-order valence-electron chi connectivity index (χ2n) is 5.25. The minimum atomic E-state index is -0.501. The number of carbonyl (C=O) groups is 2. The van der Waals surface area contributed by atoms with E-state index in [0.717, 1.165) is 0 Å². The number of carbonyl (C=O) groups excluding carboxylic acids is 2. The fourth-order valence-electron chi connectivity index (χ4n) is 2.60. The standard InChI is InChI=1S/C18H18N2O5/c1-3-24-18(22)14-10-16-13(8-9-25-16)20(14)11-17(21)19-12-6-4-5-7-15(12)23-2/h4-10H,3,11H2,1-2H3,(H,19,21). The molecule has 0 spiro atoms. The Balaban J connectivity index is 1.86. The first-order valence-electron chi connectivity index (χ1n) is 7.80. The van der Waals surface area contributed by atoms with Crippen LogP contribution in [-0.2, 0) is 16.1 Å². The number of methoxy groups -OCH3 is 1. The molecule has 3 rings (SSSR count). The molecule has 0 unspecified atom stereocenters. The van der Waals surface area contributed by atoms with Gasteiger partial charge in [0.2, 0.25) is 5.91 Å². The van der Waals surface area contributed by atoms with Crippen molar-refractivity contribution >= 4 is 28.7 Å². The summed E-state index contributed by atoms with van der Waals surface area (Å²) in [5.74, 6) is -0.241. The number of fused-ring (bicyclic) bond motifs is 1. The van der Waals surface area contributed by atoms with Gasteiger partial charge in [-0.25, -0.2) is 4.79 Å². The maximum Gasteiger partial charge on any atom is 0.355 e. The van der Waals surface area contributed by atoms with Crippen LogP contribution >= 0.6 is 0 Å². The highest BCUT2D eigenvalue weighted by molar-refractivity contribution is 5.97. The molecular weight excluding hydrogens is 324 g/mol. The van der Waals surface area contributed by atoms with Crippen LogP contribution in [0.4, 0.5) is 5.69 Å². The molecule has 0 saturated heterocycles. The third kappa shape index (κ3) is 3.35. The van der Waals surface area contributed by atoms with Crippen molar-refractivity contribution in [3.8, 4) is 5.75 Å². The number of nitrogens with one attached hydrogen (secondary N) is 1. The Morgan fingerprint density at radius 1 is 1.24 bits per heavy atom. The third-order valence-electron chi connectivity index (χ3n) is 3.69. The zero-order valence-corrected chi connectivity index (χ0v) is 13.9. The molecule has 25 heavy (non-hydrogen) atoms. The zero-order chi connectivity index (χ0) is 17.8. The topological polar surface area (TPSA) is 82.7 Å². The van der Waals surface area contributed by atoms with Crippen molar-refractivity contribution in [2.24, 2.45) is 0 Å². The molecule has 0 saturated carbocycles. The van der Waals surface area contributed by atoms with Crippen LogP contribution in [0.2, 0.25) is 0 Å². The van der Waals surface area contributed by atoms with Crippen LogP contribution in [0.3, 0.4) is 0 Å². The Morgan fingerprint density at radius 2 is 2.04 bits per heavy atom. The van der Waals surface area contributed by atoms with Gasteiger partial charge in [-0.15, -0.1) is 0 Å². The molecular formula is C18H18N2O5. The quantitative estimate of drug-likeness (QED) is 0.696. The van der Waals surface area contributed by atoms with Gasteiger partial charge >= 0.3 is 5.97 Å². The molecule has 0 radical (unpaired) electrons. The van der Waals surface area contributed by atoms with Crippen LogP contribution in [0.25, 0.3) is 11.1 Å². The lowest BCUT2D eigenvalue weighted by molar-refractivity contribution is -0.116. The maximum atomic E-state index is 12.5. The van der Waals surface area contributed by atoms with Crippen molar-refractivity contribution < 1.29 is 23.5 Å². The number of ether oxygens (including phenoxy) is 2. The van der Waals surface area contributed by atoms with E-state index in [4.69, 9.17) is 13.9 Å². The number of aromatic nitrogens is 1. The molecule has 0 aliphatic carbocycles. The van der Waals surface area contributed by atoms with Gasteiger partial charge in [0.25, 0.3) is 0 Å². The van der Waals surface area contributed by atoms with Crippen molar-refractivity contribution in [2.75, 3.05) is 19.0 Å². The van der Waals surface area contributed by atoms with E-state index in [-0.39, 0.29) is 24.8 Å². The first-order valence-corrected chi connectivity index (χ1v) is 7.80. The number of hydrogen-bond acceptors (Lipinski definition) is 5. The summed E-state index contributed by atoms with van der Waals surface area (Å²) in [5, 5.41) is 2.79. The zero-order valence-electron chi connectivity index (χ0n) is 13.9. The van der Waals surface area contributed by atoms with Gasteiger partial charge in [-0.05, 0) is 19.1 Å². The van der Waals surface area contributed by atoms with Gasteiger partial charge in [0, 0.05) is 12.1 Å². The predicted octanol–water partition coefficient (Wildman–Crippen LogP) is 3.06. The number of amides is 1. The summed E-state index contributed by atoms with van der Waals surface area (Å²) < 4.78 is 17.2. The highest BCUT2D eigenvalue weighted by Crippen LogP contribution is 2.24. The summed E-state index contributed by atoms with van der Waals surface area (Å²) in [7, 11) is 1.53. The number of esters is 1. The molecule has 0 aliphatic heterocycles. The van der Waals surface area contributed by atoms with Gasteiger partial charge in [-0.2, -0.15) is 0 Å². The van der Waals surface area contributed by atoms with Gasteiger partial charge < -0.3 is 23.8 Å². The Kier molecular flexibility index (Phi) is 4.74. The van der Waals surface area contributed by atoms with E-state index in [1.165, 1.54) is 13.4 Å².